The Kier molecular flexibility index (Phi) is 2.65. The van der Waals surface area contributed by atoms with E-state index in [0.717, 1.165) is 25.9 Å². The van der Waals surface area contributed by atoms with Crippen LogP contribution in [0.1, 0.15) is 25.0 Å². The van der Waals surface area contributed by atoms with Crippen molar-refractivity contribution in [3.05, 3.63) is 12.0 Å². The van der Waals surface area contributed by atoms with Crippen LogP contribution in [0.3, 0.4) is 0 Å². The number of hydrogen-bond donors (Lipinski definition) is 2. The fourth-order valence-corrected chi connectivity index (χ4v) is 1.50. The summed E-state index contributed by atoms with van der Waals surface area (Å²) in [5.41, 5.74) is 0.458. The first-order valence-electron chi connectivity index (χ1n) is 4.72. The van der Waals surface area contributed by atoms with Crippen molar-refractivity contribution in [1.82, 2.24) is 9.97 Å². The number of aromatic nitrogens is 2. The molecule has 14 heavy (non-hydrogen) atoms. The van der Waals surface area contributed by atoms with Gasteiger partial charge in [-0.25, -0.2) is 4.98 Å². The molecule has 5 heteroatoms. The highest BCUT2D eigenvalue weighted by molar-refractivity contribution is 5.47. The number of nitrogens with zero attached hydrogens (tertiary/aromatic N) is 2. The molecule has 2 rings (SSSR count). The molecule has 1 aliphatic heterocycles. The summed E-state index contributed by atoms with van der Waals surface area (Å²) in [6, 6.07) is 2.03. The molecule has 1 saturated heterocycles. The Bertz CT molecular complexity index is 335. The Hall–Kier alpha value is -1.54. The quantitative estimate of drug-likeness (QED) is 0.692. The van der Waals surface area contributed by atoms with E-state index in [0.29, 0.717) is 11.5 Å². The number of anilines is 1. The minimum atomic E-state index is -0.000787. The number of ether oxygens (including phenoxy) is 1. The molecule has 1 atom stereocenters. The van der Waals surface area contributed by atoms with Crippen LogP contribution < -0.4 is 5.32 Å². The average Bonchev–Trinajstić information content (AvgIpc) is 2.67. The van der Waals surface area contributed by atoms with Crippen molar-refractivity contribution in [1.29, 1.82) is 5.26 Å². The summed E-state index contributed by atoms with van der Waals surface area (Å²) in [6.07, 6.45) is 4.74. The third-order valence-electron chi connectivity index (χ3n) is 2.23. The summed E-state index contributed by atoms with van der Waals surface area (Å²) >= 11 is 0. The number of imidazole rings is 1. The molecule has 2 N–H and O–H groups in total. The predicted molar refractivity (Wildman–Crippen MR) is 50.5 cm³/mol. The van der Waals surface area contributed by atoms with Crippen molar-refractivity contribution in [2.24, 2.45) is 0 Å². The van der Waals surface area contributed by atoms with Crippen molar-refractivity contribution in [2.45, 2.75) is 25.5 Å². The predicted octanol–water partition coefficient (Wildman–Crippen LogP) is 1.22. The lowest BCUT2D eigenvalue weighted by molar-refractivity contribution is 0.0341. The van der Waals surface area contributed by atoms with E-state index in [2.05, 4.69) is 15.3 Å². The number of rotatable bonds is 2. The summed E-state index contributed by atoms with van der Waals surface area (Å²) in [6.45, 7) is 0.782. The molecule has 0 aromatic carbocycles. The van der Waals surface area contributed by atoms with Crippen molar-refractivity contribution in [3.8, 4) is 6.07 Å². The largest absolute Gasteiger partial charge is 0.359 e. The highest BCUT2D eigenvalue weighted by atomic mass is 16.5. The topological polar surface area (TPSA) is 73.7 Å². The molecule has 5 nitrogen and oxygen atoms in total. The number of H-pyrrole nitrogens is 1. The molecule has 0 bridgehead atoms. The Morgan fingerprint density at radius 3 is 3.29 bits per heavy atom. The summed E-state index contributed by atoms with van der Waals surface area (Å²) in [4.78, 5) is 6.77. The number of hydrogen-bond acceptors (Lipinski definition) is 4. The van der Waals surface area contributed by atoms with Crippen LogP contribution in [-0.4, -0.2) is 22.8 Å². The van der Waals surface area contributed by atoms with Gasteiger partial charge in [0.15, 0.2) is 11.5 Å². The standard InChI is InChI=1S/C9H12N4O/c10-5-7-9(12-6-11-7)13-8-3-1-2-4-14-8/h6,8,13H,1-4H2,(H,11,12)/i5+1. The maximum Gasteiger partial charge on any atom is 0.164 e. The van der Waals surface area contributed by atoms with E-state index in [4.69, 9.17) is 10.00 Å². The van der Waals surface area contributed by atoms with E-state index < -0.39 is 0 Å². The summed E-state index contributed by atoms with van der Waals surface area (Å²) in [5, 5.41) is 11.8. The maximum atomic E-state index is 8.73. The molecule has 0 saturated carbocycles. The minimum Gasteiger partial charge on any atom is -0.359 e. The van der Waals surface area contributed by atoms with Crippen molar-refractivity contribution >= 4 is 5.82 Å². The lowest BCUT2D eigenvalue weighted by atomic mass is 10.2. The summed E-state index contributed by atoms with van der Waals surface area (Å²) in [7, 11) is 0. The molecule has 1 aliphatic rings. The molecule has 1 aromatic heterocycles. The van der Waals surface area contributed by atoms with E-state index in [1.165, 1.54) is 6.33 Å². The maximum absolute atomic E-state index is 8.73. The molecule has 0 amide bonds. The van der Waals surface area contributed by atoms with E-state index in [1.807, 2.05) is 6.07 Å². The van der Waals surface area contributed by atoms with Gasteiger partial charge in [0.2, 0.25) is 0 Å². The fourth-order valence-electron chi connectivity index (χ4n) is 1.50. The van der Waals surface area contributed by atoms with Gasteiger partial charge >= 0.3 is 0 Å². The van der Waals surface area contributed by atoms with Crippen LogP contribution in [0.2, 0.25) is 0 Å². The smallest absolute Gasteiger partial charge is 0.164 e. The van der Waals surface area contributed by atoms with Gasteiger partial charge < -0.3 is 15.0 Å². The second-order valence-electron chi connectivity index (χ2n) is 3.24. The molecule has 1 unspecified atom stereocenters. The van der Waals surface area contributed by atoms with Gasteiger partial charge in [-0.05, 0) is 19.3 Å². The van der Waals surface area contributed by atoms with E-state index in [9.17, 15) is 0 Å². The summed E-state index contributed by atoms with van der Waals surface area (Å²) in [5.74, 6) is 0.583. The minimum absolute atomic E-state index is 0.000787. The zero-order valence-electron chi connectivity index (χ0n) is 7.79. The zero-order chi connectivity index (χ0) is 9.80. The number of nitrogens with one attached hydrogen (secondary N) is 2. The Labute approximate surface area is 82.1 Å². The Morgan fingerprint density at radius 1 is 1.64 bits per heavy atom. The molecule has 74 valence electrons. The molecular formula is C9H12N4O. The first kappa shape index (κ1) is 9.03. The van der Waals surface area contributed by atoms with E-state index >= 15 is 0 Å². The zero-order valence-corrected chi connectivity index (χ0v) is 7.79. The van der Waals surface area contributed by atoms with Gasteiger partial charge in [-0.15, -0.1) is 0 Å². The van der Waals surface area contributed by atoms with Crippen molar-refractivity contribution in [2.75, 3.05) is 11.9 Å². The van der Waals surface area contributed by atoms with Gasteiger partial charge in [0.25, 0.3) is 0 Å². The number of nitriles is 1. The van der Waals surface area contributed by atoms with Crippen LogP contribution in [0.15, 0.2) is 6.33 Å². The average molecular weight is 193 g/mol. The Morgan fingerprint density at radius 2 is 2.57 bits per heavy atom. The van der Waals surface area contributed by atoms with Crippen LogP contribution in [0.4, 0.5) is 5.82 Å². The number of aromatic amines is 1. The van der Waals surface area contributed by atoms with Gasteiger partial charge in [-0.1, -0.05) is 0 Å². The van der Waals surface area contributed by atoms with Gasteiger partial charge in [-0.3, -0.25) is 0 Å². The second-order valence-corrected chi connectivity index (χ2v) is 3.24. The Balaban J connectivity index is 1.99. The lowest BCUT2D eigenvalue weighted by Gasteiger charge is -2.23. The molecule has 2 heterocycles. The SMILES string of the molecule is N#[13C]c1[nH]cnc1NC1CCCCO1. The van der Waals surface area contributed by atoms with Gasteiger partial charge in [0.1, 0.15) is 12.3 Å². The third kappa shape index (κ3) is 1.86. The first-order chi connectivity index (χ1) is 6.90. The van der Waals surface area contributed by atoms with Gasteiger partial charge in [0, 0.05) is 6.61 Å². The van der Waals surface area contributed by atoms with Crippen molar-refractivity contribution in [3.63, 3.8) is 0 Å². The van der Waals surface area contributed by atoms with Crippen molar-refractivity contribution < 1.29 is 4.74 Å². The molecule has 1 fully saturated rings. The second kappa shape index (κ2) is 4.11. The van der Waals surface area contributed by atoms with E-state index in [-0.39, 0.29) is 6.23 Å². The monoisotopic (exact) mass is 193 g/mol. The molecular weight excluding hydrogens is 181 g/mol. The molecule has 0 aliphatic carbocycles. The van der Waals surface area contributed by atoms with Gasteiger partial charge in [0.05, 0.1) is 6.33 Å². The van der Waals surface area contributed by atoms with Crippen LogP contribution >= 0.6 is 0 Å². The van der Waals surface area contributed by atoms with E-state index in [1.54, 1.807) is 0 Å². The lowest BCUT2D eigenvalue weighted by Crippen LogP contribution is -2.27. The van der Waals surface area contributed by atoms with Gasteiger partial charge in [-0.2, -0.15) is 5.26 Å². The highest BCUT2D eigenvalue weighted by Gasteiger charge is 2.15. The highest BCUT2D eigenvalue weighted by Crippen LogP contribution is 2.16. The van der Waals surface area contributed by atoms with Crippen LogP contribution in [0.5, 0.6) is 0 Å². The summed E-state index contributed by atoms with van der Waals surface area (Å²) < 4.78 is 5.48. The molecule has 1 aromatic rings. The van der Waals surface area contributed by atoms with Crippen LogP contribution in [0, 0.1) is 11.3 Å². The molecule has 0 spiro atoms. The molecule has 0 radical (unpaired) electrons. The normalized spacial score (nSPS) is 21.5. The van der Waals surface area contributed by atoms with Crippen LogP contribution in [0.25, 0.3) is 0 Å². The fraction of sp³-hybridized carbons (Fsp3) is 0.556. The third-order valence-corrected chi connectivity index (χ3v) is 2.23. The van der Waals surface area contributed by atoms with Crippen LogP contribution in [-0.2, 0) is 4.74 Å². The first-order valence-corrected chi connectivity index (χ1v) is 4.72.